The first kappa shape index (κ1) is 24.9. The fraction of sp³-hybridized carbons (Fsp3) is 0.421. The highest BCUT2D eigenvalue weighted by molar-refractivity contribution is 5.94. The van der Waals surface area contributed by atoms with Crippen LogP contribution in [0.15, 0.2) is 42.1 Å². The predicted octanol–water partition coefficient (Wildman–Crippen LogP) is 2.46. The molecule has 1 unspecified atom stereocenters. The molecule has 0 radical (unpaired) electrons. The number of rotatable bonds is 9. The first-order valence-electron chi connectivity index (χ1n) is 9.38. The largest absolute Gasteiger partial charge is 0.473 e. The van der Waals surface area contributed by atoms with Crippen LogP contribution in [-0.4, -0.2) is 35.5 Å². The van der Waals surface area contributed by atoms with Crippen molar-refractivity contribution in [3.05, 3.63) is 47.6 Å². The van der Waals surface area contributed by atoms with E-state index < -0.39 is 42.2 Å². The summed E-state index contributed by atoms with van der Waals surface area (Å²) >= 11 is 0. The molecule has 2 amide bonds. The number of alkyl halides is 5. The van der Waals surface area contributed by atoms with Crippen LogP contribution in [0.3, 0.4) is 0 Å². The standard InChI is InChI=1S/C19H22F5N5O3/c1-10(12-6-7-27-15(8-12)29-16(30)11-2-3-11)28-17(31)13(25)4-5-14(26)32-9-18(20,21)19(22,23)24/h4-8,10-11H,2-3,9,25-26H2,1H3,(H,28,31)(H,27,29,30)/b13-4-,14-5+. The second-order valence-corrected chi connectivity index (χ2v) is 7.12. The molecule has 176 valence electrons. The second kappa shape index (κ2) is 9.83. The number of hydrogen-bond acceptors (Lipinski definition) is 6. The van der Waals surface area contributed by atoms with E-state index in [2.05, 4.69) is 20.4 Å². The lowest BCUT2D eigenvalue weighted by molar-refractivity contribution is -0.293. The van der Waals surface area contributed by atoms with Crippen LogP contribution in [0.25, 0.3) is 0 Å². The van der Waals surface area contributed by atoms with Crippen LogP contribution in [-0.2, 0) is 14.3 Å². The zero-order chi connectivity index (χ0) is 24.1. The summed E-state index contributed by atoms with van der Waals surface area (Å²) in [5.74, 6) is -6.45. The highest BCUT2D eigenvalue weighted by atomic mass is 19.4. The molecule has 0 aliphatic heterocycles. The third-order valence-electron chi connectivity index (χ3n) is 4.36. The van der Waals surface area contributed by atoms with Crippen LogP contribution in [0.2, 0.25) is 0 Å². The van der Waals surface area contributed by atoms with E-state index in [0.717, 1.165) is 25.0 Å². The first-order valence-corrected chi connectivity index (χ1v) is 9.38. The van der Waals surface area contributed by atoms with E-state index in [9.17, 15) is 31.5 Å². The van der Waals surface area contributed by atoms with Gasteiger partial charge < -0.3 is 26.8 Å². The quantitative estimate of drug-likeness (QED) is 0.193. The number of hydrogen-bond donors (Lipinski definition) is 4. The maximum Gasteiger partial charge on any atom is 0.456 e. The van der Waals surface area contributed by atoms with Gasteiger partial charge in [-0.1, -0.05) is 0 Å². The molecule has 32 heavy (non-hydrogen) atoms. The third-order valence-corrected chi connectivity index (χ3v) is 4.36. The number of nitrogens with one attached hydrogen (secondary N) is 2. The van der Waals surface area contributed by atoms with Crippen molar-refractivity contribution < 1.29 is 36.3 Å². The molecule has 6 N–H and O–H groups in total. The highest BCUT2D eigenvalue weighted by Gasteiger charge is 2.58. The van der Waals surface area contributed by atoms with Crippen molar-refractivity contribution >= 4 is 17.6 Å². The van der Waals surface area contributed by atoms with Crippen molar-refractivity contribution in [3.8, 4) is 0 Å². The molecule has 0 bridgehead atoms. The molecule has 1 saturated carbocycles. The normalized spacial score (nSPS) is 16.3. The lowest BCUT2D eigenvalue weighted by Crippen LogP contribution is -2.41. The zero-order valence-electron chi connectivity index (χ0n) is 16.9. The minimum absolute atomic E-state index is 0.00770. The molecule has 0 aromatic carbocycles. The second-order valence-electron chi connectivity index (χ2n) is 7.12. The average molecular weight is 463 g/mol. The molecule has 1 atom stereocenters. The van der Waals surface area contributed by atoms with Gasteiger partial charge in [-0.2, -0.15) is 22.0 Å². The molecule has 1 heterocycles. The molecule has 1 aliphatic carbocycles. The number of amides is 2. The van der Waals surface area contributed by atoms with Crippen LogP contribution < -0.4 is 22.1 Å². The average Bonchev–Trinajstić information content (AvgIpc) is 3.55. The molecule has 1 aliphatic rings. The van der Waals surface area contributed by atoms with Gasteiger partial charge in [0.25, 0.3) is 5.91 Å². The van der Waals surface area contributed by atoms with Crippen molar-refractivity contribution in [2.75, 3.05) is 11.9 Å². The van der Waals surface area contributed by atoms with Gasteiger partial charge >= 0.3 is 12.1 Å². The Balaban J connectivity index is 1.92. The Morgan fingerprint density at radius 3 is 2.50 bits per heavy atom. The third kappa shape index (κ3) is 7.10. The molecule has 0 spiro atoms. The van der Waals surface area contributed by atoms with Crippen molar-refractivity contribution in [1.82, 2.24) is 10.3 Å². The molecule has 0 saturated heterocycles. The molecular formula is C19H22F5N5O3. The molecule has 2 rings (SSSR count). The van der Waals surface area contributed by atoms with Crippen molar-refractivity contribution in [2.45, 2.75) is 37.9 Å². The number of ether oxygens (including phenoxy) is 1. The Morgan fingerprint density at radius 2 is 1.91 bits per heavy atom. The van der Waals surface area contributed by atoms with Crippen LogP contribution in [0.5, 0.6) is 0 Å². The van der Waals surface area contributed by atoms with Gasteiger partial charge in [0.15, 0.2) is 12.5 Å². The van der Waals surface area contributed by atoms with Crippen molar-refractivity contribution in [3.63, 3.8) is 0 Å². The minimum atomic E-state index is -5.79. The van der Waals surface area contributed by atoms with Gasteiger partial charge in [-0.05, 0) is 49.6 Å². The first-order chi connectivity index (χ1) is 14.8. The highest BCUT2D eigenvalue weighted by Crippen LogP contribution is 2.35. The van der Waals surface area contributed by atoms with Gasteiger partial charge in [-0.15, -0.1) is 0 Å². The summed E-state index contributed by atoms with van der Waals surface area (Å²) in [6, 6.07) is 2.64. The van der Waals surface area contributed by atoms with Gasteiger partial charge in [0, 0.05) is 12.1 Å². The van der Waals surface area contributed by atoms with Gasteiger partial charge in [0.1, 0.15) is 5.82 Å². The molecular weight excluding hydrogens is 441 g/mol. The summed E-state index contributed by atoms with van der Waals surface area (Å²) in [6.07, 6.45) is -0.986. The molecule has 13 heteroatoms. The van der Waals surface area contributed by atoms with Crippen LogP contribution >= 0.6 is 0 Å². The number of pyridine rings is 1. The van der Waals surface area contributed by atoms with Gasteiger partial charge in [0.2, 0.25) is 5.91 Å². The summed E-state index contributed by atoms with van der Waals surface area (Å²) in [7, 11) is 0. The topological polar surface area (TPSA) is 132 Å². The van der Waals surface area contributed by atoms with Gasteiger partial charge in [0.05, 0.1) is 11.7 Å². The monoisotopic (exact) mass is 463 g/mol. The smallest absolute Gasteiger partial charge is 0.456 e. The van der Waals surface area contributed by atoms with E-state index in [1.807, 2.05) is 0 Å². The Kier molecular flexibility index (Phi) is 7.65. The molecule has 1 aromatic heterocycles. The summed E-state index contributed by atoms with van der Waals surface area (Å²) < 4.78 is 66.0. The maximum absolute atomic E-state index is 12.8. The Morgan fingerprint density at radius 1 is 1.25 bits per heavy atom. The Bertz CT molecular complexity index is 913. The van der Waals surface area contributed by atoms with Crippen LogP contribution in [0, 0.1) is 5.92 Å². The number of carbonyl (C=O) groups excluding carboxylic acids is 2. The van der Waals surface area contributed by atoms with Crippen LogP contribution in [0.1, 0.15) is 31.4 Å². The lowest BCUT2D eigenvalue weighted by atomic mass is 10.1. The van der Waals surface area contributed by atoms with E-state index in [4.69, 9.17) is 11.5 Å². The Hall–Kier alpha value is -3.38. The summed E-state index contributed by atoms with van der Waals surface area (Å²) in [5.41, 5.74) is 11.0. The van der Waals surface area contributed by atoms with Gasteiger partial charge in [-0.25, -0.2) is 4.98 Å². The summed E-state index contributed by atoms with van der Waals surface area (Å²) in [4.78, 5) is 28.1. The van der Waals surface area contributed by atoms with E-state index in [1.54, 1.807) is 19.1 Å². The number of nitrogens with two attached hydrogens (primary N) is 2. The fourth-order valence-electron chi connectivity index (χ4n) is 2.27. The van der Waals surface area contributed by atoms with E-state index in [1.165, 1.54) is 6.20 Å². The SMILES string of the molecule is CC(NC(=O)/C(N)=C/C=C(\N)OCC(F)(F)C(F)(F)F)c1ccnc(NC(=O)C2CC2)c1. The fourth-order valence-corrected chi connectivity index (χ4v) is 2.27. The molecule has 8 nitrogen and oxygen atoms in total. The number of anilines is 1. The van der Waals surface area contributed by atoms with E-state index in [0.29, 0.717) is 11.4 Å². The number of carbonyl (C=O) groups is 2. The molecule has 1 aromatic rings. The van der Waals surface area contributed by atoms with Gasteiger partial charge in [-0.3, -0.25) is 9.59 Å². The number of halogens is 5. The van der Waals surface area contributed by atoms with Crippen molar-refractivity contribution in [2.24, 2.45) is 17.4 Å². The number of nitrogens with zero attached hydrogens (tertiary/aromatic N) is 1. The zero-order valence-corrected chi connectivity index (χ0v) is 16.9. The Labute approximate surface area is 179 Å². The summed E-state index contributed by atoms with van der Waals surface area (Å²) in [5, 5.41) is 5.24. The number of allylic oxidation sites excluding steroid dienone is 2. The van der Waals surface area contributed by atoms with E-state index in [-0.39, 0.29) is 11.8 Å². The lowest BCUT2D eigenvalue weighted by Gasteiger charge is -2.19. The predicted molar refractivity (Wildman–Crippen MR) is 104 cm³/mol. The van der Waals surface area contributed by atoms with E-state index >= 15 is 0 Å². The van der Waals surface area contributed by atoms with Crippen molar-refractivity contribution in [1.29, 1.82) is 0 Å². The van der Waals surface area contributed by atoms with Crippen LogP contribution in [0.4, 0.5) is 27.8 Å². The number of aromatic nitrogens is 1. The summed E-state index contributed by atoms with van der Waals surface area (Å²) in [6.45, 7) is -0.378. The molecule has 1 fully saturated rings. The minimum Gasteiger partial charge on any atom is -0.473 e. The maximum atomic E-state index is 12.8.